The number of methoxy groups -OCH3 is 1. The van der Waals surface area contributed by atoms with Crippen molar-refractivity contribution in [1.82, 2.24) is 0 Å². The summed E-state index contributed by atoms with van der Waals surface area (Å²) in [6.45, 7) is 5.12. The number of phenols is 2. The standard InChI is InChI=1S/C29H32O10/c1-5-18(30)29(36)10-15-21(17(11-29)39-19-9-12(2)24(31)13(3)38-19)28(35)23-22(26(15)33)25(32)14-7-6-8-16(37-4)20(14)27(23)34/h6-8,12-13,17,19,24,31,33,35-36H,5,9-11H2,1-4H3/t12?,13?,17-,19?,24?,29-/m0/s1. The summed E-state index contributed by atoms with van der Waals surface area (Å²) < 4.78 is 17.3. The molecule has 6 atom stereocenters. The Balaban J connectivity index is 1.69. The first kappa shape index (κ1) is 27.3. The molecule has 2 aromatic rings. The van der Waals surface area contributed by atoms with Crippen molar-refractivity contribution in [1.29, 1.82) is 0 Å². The van der Waals surface area contributed by atoms with Gasteiger partial charge in [-0.3, -0.25) is 14.4 Å². The normalized spacial score (nSPS) is 29.8. The SMILES string of the molecule is CCC(=O)[C@]1(O)Cc2c(O)c3c(c(O)c2[C@@H](OC2CC(C)C(O)C(C)O2)C1)C(=O)c1c(OC)cccc1C3=O. The molecule has 1 heterocycles. The van der Waals surface area contributed by atoms with Crippen molar-refractivity contribution in [2.75, 3.05) is 7.11 Å². The minimum absolute atomic E-state index is 0.00101. The second-order valence-corrected chi connectivity index (χ2v) is 10.7. The van der Waals surface area contributed by atoms with Crippen LogP contribution in [0.15, 0.2) is 18.2 Å². The Kier molecular flexibility index (Phi) is 6.79. The van der Waals surface area contributed by atoms with E-state index in [0.717, 1.165) is 0 Å². The molecule has 208 valence electrons. The Morgan fingerprint density at radius 3 is 2.44 bits per heavy atom. The number of Topliss-reactive ketones (excluding diaryl/α,β-unsaturated/α-hetero) is 1. The van der Waals surface area contributed by atoms with Gasteiger partial charge >= 0.3 is 0 Å². The fourth-order valence-electron chi connectivity index (χ4n) is 6.13. The molecule has 4 N–H and O–H groups in total. The number of hydrogen-bond acceptors (Lipinski definition) is 10. The Bertz CT molecular complexity index is 1370. The van der Waals surface area contributed by atoms with Crippen molar-refractivity contribution in [3.05, 3.63) is 51.6 Å². The minimum atomic E-state index is -1.96. The van der Waals surface area contributed by atoms with Crippen LogP contribution in [0.4, 0.5) is 0 Å². The monoisotopic (exact) mass is 540 g/mol. The first-order chi connectivity index (χ1) is 18.4. The zero-order chi connectivity index (χ0) is 28.4. The van der Waals surface area contributed by atoms with E-state index in [1.807, 2.05) is 6.92 Å². The number of phenolic OH excluding ortho intramolecular Hbond substituents is 2. The number of hydrogen-bond donors (Lipinski definition) is 4. The smallest absolute Gasteiger partial charge is 0.202 e. The molecule has 0 amide bonds. The third-order valence-electron chi connectivity index (χ3n) is 8.23. The average Bonchev–Trinajstić information content (AvgIpc) is 2.90. The highest BCUT2D eigenvalue weighted by molar-refractivity contribution is 6.31. The largest absolute Gasteiger partial charge is 0.507 e. The van der Waals surface area contributed by atoms with E-state index in [9.17, 15) is 34.8 Å². The van der Waals surface area contributed by atoms with Gasteiger partial charge in [0, 0.05) is 42.4 Å². The quantitative estimate of drug-likeness (QED) is 0.354. The fourth-order valence-corrected chi connectivity index (χ4v) is 6.13. The van der Waals surface area contributed by atoms with E-state index >= 15 is 0 Å². The molecule has 1 fully saturated rings. The van der Waals surface area contributed by atoms with E-state index in [2.05, 4.69) is 0 Å². The molecular weight excluding hydrogens is 508 g/mol. The molecule has 1 aliphatic heterocycles. The number of ketones is 3. The summed E-state index contributed by atoms with van der Waals surface area (Å²) in [6.07, 6.45) is -3.69. The average molecular weight is 541 g/mol. The lowest BCUT2D eigenvalue weighted by atomic mass is 9.71. The van der Waals surface area contributed by atoms with Crippen LogP contribution in [-0.4, -0.2) is 69.0 Å². The fraction of sp³-hybridized carbons (Fsp3) is 0.483. The maximum Gasteiger partial charge on any atom is 0.202 e. The number of aliphatic hydroxyl groups is 2. The highest BCUT2D eigenvalue weighted by atomic mass is 16.7. The summed E-state index contributed by atoms with van der Waals surface area (Å²) in [6, 6.07) is 4.48. The van der Waals surface area contributed by atoms with Gasteiger partial charge in [-0.05, 0) is 18.9 Å². The third kappa shape index (κ3) is 4.13. The molecule has 0 radical (unpaired) electrons. The molecule has 1 saturated heterocycles. The van der Waals surface area contributed by atoms with Gasteiger partial charge in [0.25, 0.3) is 0 Å². The summed E-state index contributed by atoms with van der Waals surface area (Å²) in [5.74, 6) is -3.13. The highest BCUT2D eigenvalue weighted by Crippen LogP contribution is 2.52. The lowest BCUT2D eigenvalue weighted by molar-refractivity contribution is -0.255. The molecule has 0 aromatic heterocycles. The molecule has 39 heavy (non-hydrogen) atoms. The van der Waals surface area contributed by atoms with Gasteiger partial charge in [0.15, 0.2) is 17.9 Å². The second-order valence-electron chi connectivity index (χ2n) is 10.7. The summed E-state index contributed by atoms with van der Waals surface area (Å²) in [4.78, 5) is 40.1. The Labute approximate surface area is 225 Å². The van der Waals surface area contributed by atoms with Crippen molar-refractivity contribution >= 4 is 17.3 Å². The molecule has 0 saturated carbocycles. The van der Waals surface area contributed by atoms with Crippen LogP contribution in [0.1, 0.15) is 89.1 Å². The number of fused-ring (bicyclic) bond motifs is 3. The van der Waals surface area contributed by atoms with Crippen molar-refractivity contribution < 1.29 is 49.0 Å². The zero-order valence-corrected chi connectivity index (χ0v) is 22.2. The molecule has 10 nitrogen and oxygen atoms in total. The van der Waals surface area contributed by atoms with E-state index < -0.39 is 70.2 Å². The van der Waals surface area contributed by atoms with Crippen LogP contribution < -0.4 is 4.74 Å². The number of benzene rings is 2. The van der Waals surface area contributed by atoms with Gasteiger partial charge in [-0.15, -0.1) is 0 Å². The topological polar surface area (TPSA) is 160 Å². The summed E-state index contributed by atoms with van der Waals surface area (Å²) in [7, 11) is 1.35. The van der Waals surface area contributed by atoms with E-state index in [4.69, 9.17) is 14.2 Å². The van der Waals surface area contributed by atoms with Crippen LogP contribution in [0.2, 0.25) is 0 Å². The zero-order valence-electron chi connectivity index (χ0n) is 22.2. The van der Waals surface area contributed by atoms with Crippen molar-refractivity contribution in [2.24, 2.45) is 5.92 Å². The van der Waals surface area contributed by atoms with Gasteiger partial charge in [0.1, 0.15) is 22.8 Å². The molecule has 4 unspecified atom stereocenters. The van der Waals surface area contributed by atoms with Crippen molar-refractivity contribution in [2.45, 2.75) is 76.7 Å². The predicted octanol–water partition coefficient (Wildman–Crippen LogP) is 2.73. The third-order valence-corrected chi connectivity index (χ3v) is 8.23. The maximum atomic E-state index is 13.7. The number of aromatic hydroxyl groups is 2. The summed E-state index contributed by atoms with van der Waals surface area (Å²) >= 11 is 0. The molecule has 3 aliphatic rings. The Hall–Kier alpha value is -3.31. The molecule has 0 bridgehead atoms. The van der Waals surface area contributed by atoms with E-state index in [1.165, 1.54) is 25.3 Å². The van der Waals surface area contributed by atoms with Crippen LogP contribution in [-0.2, 0) is 20.7 Å². The molecule has 5 rings (SSSR count). The number of rotatable bonds is 5. The lowest BCUT2D eigenvalue weighted by Gasteiger charge is -2.42. The number of aliphatic hydroxyl groups excluding tert-OH is 1. The molecule has 2 aliphatic carbocycles. The first-order valence-electron chi connectivity index (χ1n) is 13.0. The second kappa shape index (κ2) is 9.71. The van der Waals surface area contributed by atoms with Crippen LogP contribution in [0.3, 0.4) is 0 Å². The van der Waals surface area contributed by atoms with Gasteiger partial charge in [-0.2, -0.15) is 0 Å². The van der Waals surface area contributed by atoms with Crippen LogP contribution >= 0.6 is 0 Å². The van der Waals surface area contributed by atoms with Gasteiger partial charge in [-0.1, -0.05) is 26.0 Å². The van der Waals surface area contributed by atoms with Crippen LogP contribution in [0.5, 0.6) is 17.2 Å². The number of carbonyl (C=O) groups excluding carboxylic acids is 3. The van der Waals surface area contributed by atoms with E-state index in [-0.39, 0.29) is 59.6 Å². The van der Waals surface area contributed by atoms with Crippen LogP contribution in [0.25, 0.3) is 0 Å². The first-order valence-corrected chi connectivity index (χ1v) is 13.0. The predicted molar refractivity (Wildman–Crippen MR) is 136 cm³/mol. The van der Waals surface area contributed by atoms with E-state index in [1.54, 1.807) is 13.8 Å². The van der Waals surface area contributed by atoms with Gasteiger partial charge in [-0.25, -0.2) is 0 Å². The van der Waals surface area contributed by atoms with Gasteiger partial charge in [0.05, 0.1) is 42.1 Å². The van der Waals surface area contributed by atoms with Gasteiger partial charge < -0.3 is 34.6 Å². The van der Waals surface area contributed by atoms with E-state index in [0.29, 0.717) is 0 Å². The van der Waals surface area contributed by atoms with Crippen LogP contribution in [0, 0.1) is 5.92 Å². The lowest BCUT2D eigenvalue weighted by Crippen LogP contribution is -2.48. The highest BCUT2D eigenvalue weighted by Gasteiger charge is 2.49. The summed E-state index contributed by atoms with van der Waals surface area (Å²) in [5.41, 5.74) is -2.82. The van der Waals surface area contributed by atoms with Crippen molar-refractivity contribution in [3.63, 3.8) is 0 Å². The molecule has 0 spiro atoms. The molecular formula is C29H32O10. The number of carbonyl (C=O) groups is 3. The minimum Gasteiger partial charge on any atom is -0.507 e. The number of ether oxygens (including phenoxy) is 3. The molecule has 10 heteroatoms. The molecule has 2 aromatic carbocycles. The Morgan fingerprint density at radius 2 is 1.79 bits per heavy atom. The summed E-state index contributed by atoms with van der Waals surface area (Å²) in [5, 5.41) is 44.7. The Morgan fingerprint density at radius 1 is 1.10 bits per heavy atom. The van der Waals surface area contributed by atoms with Crippen molar-refractivity contribution in [3.8, 4) is 17.2 Å². The van der Waals surface area contributed by atoms with Gasteiger partial charge in [0.2, 0.25) is 5.78 Å². The maximum absolute atomic E-state index is 13.7.